The Morgan fingerprint density at radius 3 is 2.42 bits per heavy atom. The summed E-state index contributed by atoms with van der Waals surface area (Å²) in [4.78, 5) is 0. The monoisotopic (exact) mass is 256 g/mol. The number of benzene rings is 1. The molecule has 2 rings (SSSR count). The molecule has 1 aromatic rings. The van der Waals surface area contributed by atoms with Gasteiger partial charge < -0.3 is 0 Å². The van der Waals surface area contributed by atoms with Crippen molar-refractivity contribution in [2.45, 2.75) is 33.1 Å². The Bertz CT molecular complexity index is 433. The van der Waals surface area contributed by atoms with Gasteiger partial charge in [-0.1, -0.05) is 42.9 Å². The molecule has 0 radical (unpaired) electrons. The first-order valence-electron chi connectivity index (χ1n) is 7.35. The lowest BCUT2D eigenvalue weighted by atomic mass is 10.1. The minimum absolute atomic E-state index is 0.838. The third-order valence-electron chi connectivity index (χ3n) is 3.64. The van der Waals surface area contributed by atoms with Crippen LogP contribution in [-0.2, 0) is 0 Å². The molecule has 1 aliphatic heterocycles. The molecular formula is C17H24N2. The fourth-order valence-corrected chi connectivity index (χ4v) is 2.44. The molecular weight excluding hydrogens is 232 g/mol. The van der Waals surface area contributed by atoms with E-state index in [1.54, 1.807) is 0 Å². The zero-order valence-corrected chi connectivity index (χ0v) is 12.2. The van der Waals surface area contributed by atoms with Crippen molar-refractivity contribution in [3.05, 3.63) is 35.4 Å². The maximum Gasteiger partial charge on any atom is 0.0748 e. The molecule has 0 saturated carbocycles. The highest BCUT2D eigenvalue weighted by molar-refractivity contribution is 5.35. The number of rotatable bonds is 3. The summed E-state index contributed by atoms with van der Waals surface area (Å²) in [6.07, 6.45) is 4.02. The van der Waals surface area contributed by atoms with E-state index in [0.717, 1.165) is 18.7 Å². The smallest absolute Gasteiger partial charge is 0.0748 e. The number of hydrazine groups is 1. The second-order valence-electron chi connectivity index (χ2n) is 5.16. The van der Waals surface area contributed by atoms with Crippen LogP contribution in [0, 0.1) is 18.8 Å². The second kappa shape index (κ2) is 7.33. The predicted molar refractivity (Wildman–Crippen MR) is 80.7 cm³/mol. The fourth-order valence-electron chi connectivity index (χ4n) is 2.44. The molecule has 1 aliphatic rings. The molecule has 0 unspecified atom stereocenters. The summed E-state index contributed by atoms with van der Waals surface area (Å²) in [6.45, 7) is 8.58. The molecule has 0 N–H and O–H groups in total. The summed E-state index contributed by atoms with van der Waals surface area (Å²) in [6, 6.07) is 8.43. The molecule has 1 aromatic carbocycles. The number of nitrogens with zero attached hydrogens (tertiary/aromatic N) is 2. The molecule has 19 heavy (non-hydrogen) atoms. The minimum Gasteiger partial charge on any atom is -0.241 e. The molecule has 0 spiro atoms. The van der Waals surface area contributed by atoms with E-state index < -0.39 is 0 Å². The van der Waals surface area contributed by atoms with Crippen LogP contribution in [0.3, 0.4) is 0 Å². The standard InChI is InChI=1S/C17H24N2/c1-3-18(19-13-5-4-6-14-19)15-7-8-17-11-9-16(2)10-12-17/h9-12H,3-6,13-15H2,1-2H3. The van der Waals surface area contributed by atoms with Crippen molar-refractivity contribution in [2.75, 3.05) is 26.2 Å². The van der Waals surface area contributed by atoms with Crippen molar-refractivity contribution in [1.82, 2.24) is 10.0 Å². The van der Waals surface area contributed by atoms with E-state index in [-0.39, 0.29) is 0 Å². The van der Waals surface area contributed by atoms with E-state index >= 15 is 0 Å². The van der Waals surface area contributed by atoms with Gasteiger partial charge in [0.05, 0.1) is 6.54 Å². The molecule has 1 saturated heterocycles. The zero-order valence-electron chi connectivity index (χ0n) is 12.2. The molecule has 0 atom stereocenters. The summed E-state index contributed by atoms with van der Waals surface area (Å²) < 4.78 is 0. The molecule has 0 bridgehead atoms. The first kappa shape index (κ1) is 14.1. The van der Waals surface area contributed by atoms with Crippen LogP contribution in [0.25, 0.3) is 0 Å². The fraction of sp³-hybridized carbons (Fsp3) is 0.529. The van der Waals surface area contributed by atoms with Gasteiger partial charge in [0.15, 0.2) is 0 Å². The van der Waals surface area contributed by atoms with E-state index in [1.165, 1.54) is 37.9 Å². The van der Waals surface area contributed by atoms with Crippen molar-refractivity contribution in [3.63, 3.8) is 0 Å². The zero-order chi connectivity index (χ0) is 13.5. The summed E-state index contributed by atoms with van der Waals surface area (Å²) in [5, 5.41) is 4.84. The van der Waals surface area contributed by atoms with Crippen LogP contribution in [0.2, 0.25) is 0 Å². The topological polar surface area (TPSA) is 6.48 Å². The first-order chi connectivity index (χ1) is 9.29. The van der Waals surface area contributed by atoms with E-state index in [9.17, 15) is 0 Å². The maximum atomic E-state index is 3.30. The average Bonchev–Trinajstić information content (AvgIpc) is 2.46. The summed E-state index contributed by atoms with van der Waals surface area (Å²) >= 11 is 0. The van der Waals surface area contributed by atoms with E-state index in [4.69, 9.17) is 0 Å². The Kier molecular flexibility index (Phi) is 5.44. The quantitative estimate of drug-likeness (QED) is 0.767. The van der Waals surface area contributed by atoms with E-state index in [0.29, 0.717) is 0 Å². The van der Waals surface area contributed by atoms with E-state index in [2.05, 4.69) is 60.0 Å². The lowest BCUT2D eigenvalue weighted by Crippen LogP contribution is -2.45. The maximum absolute atomic E-state index is 3.30. The Balaban J connectivity index is 1.90. The Morgan fingerprint density at radius 2 is 1.79 bits per heavy atom. The van der Waals surface area contributed by atoms with Crippen molar-refractivity contribution >= 4 is 0 Å². The Hall–Kier alpha value is -1.30. The van der Waals surface area contributed by atoms with Crippen LogP contribution in [0.4, 0.5) is 0 Å². The van der Waals surface area contributed by atoms with Gasteiger partial charge in [-0.2, -0.15) is 0 Å². The van der Waals surface area contributed by atoms with Gasteiger partial charge in [0.2, 0.25) is 0 Å². The van der Waals surface area contributed by atoms with Crippen molar-refractivity contribution in [1.29, 1.82) is 0 Å². The van der Waals surface area contributed by atoms with Crippen molar-refractivity contribution < 1.29 is 0 Å². The average molecular weight is 256 g/mol. The van der Waals surface area contributed by atoms with Crippen LogP contribution in [0.5, 0.6) is 0 Å². The highest BCUT2D eigenvalue weighted by Gasteiger charge is 2.15. The van der Waals surface area contributed by atoms with Gasteiger partial charge in [0.1, 0.15) is 0 Å². The molecule has 0 aromatic heterocycles. The van der Waals surface area contributed by atoms with Gasteiger partial charge in [-0.3, -0.25) is 0 Å². The summed E-state index contributed by atoms with van der Waals surface area (Å²) in [5.74, 6) is 6.56. The Morgan fingerprint density at radius 1 is 1.11 bits per heavy atom. The van der Waals surface area contributed by atoms with Crippen molar-refractivity contribution in [2.24, 2.45) is 0 Å². The summed E-state index contributed by atoms with van der Waals surface area (Å²) in [7, 11) is 0. The van der Waals surface area contributed by atoms with E-state index in [1.807, 2.05) is 0 Å². The van der Waals surface area contributed by atoms with Crippen LogP contribution >= 0.6 is 0 Å². The SMILES string of the molecule is CCN(CC#Cc1ccc(C)cc1)N1CCCCC1. The third-order valence-corrected chi connectivity index (χ3v) is 3.64. The normalized spacial score (nSPS) is 16.2. The van der Waals surface area contributed by atoms with Gasteiger partial charge in [0.25, 0.3) is 0 Å². The first-order valence-corrected chi connectivity index (χ1v) is 7.35. The number of aryl methyl sites for hydroxylation is 1. The molecule has 2 nitrogen and oxygen atoms in total. The molecule has 0 aliphatic carbocycles. The second-order valence-corrected chi connectivity index (χ2v) is 5.16. The van der Waals surface area contributed by atoms with Crippen LogP contribution in [0.15, 0.2) is 24.3 Å². The highest BCUT2D eigenvalue weighted by atomic mass is 15.6. The van der Waals surface area contributed by atoms with Gasteiger partial charge in [-0.25, -0.2) is 10.0 Å². The molecule has 2 heteroatoms. The molecule has 0 amide bonds. The lowest BCUT2D eigenvalue weighted by Gasteiger charge is -2.35. The minimum atomic E-state index is 0.838. The predicted octanol–water partition coefficient (Wildman–Crippen LogP) is 3.07. The van der Waals surface area contributed by atoms with Crippen molar-refractivity contribution in [3.8, 4) is 11.8 Å². The molecule has 1 fully saturated rings. The van der Waals surface area contributed by atoms with Crippen LogP contribution in [-0.4, -0.2) is 36.2 Å². The van der Waals surface area contributed by atoms with Gasteiger partial charge in [0, 0.05) is 25.2 Å². The number of hydrogen-bond donors (Lipinski definition) is 0. The van der Waals surface area contributed by atoms with Gasteiger partial charge >= 0.3 is 0 Å². The largest absolute Gasteiger partial charge is 0.241 e. The van der Waals surface area contributed by atoms with Crippen LogP contribution in [0.1, 0.15) is 37.3 Å². The van der Waals surface area contributed by atoms with Gasteiger partial charge in [-0.15, -0.1) is 0 Å². The number of piperidine rings is 1. The highest BCUT2D eigenvalue weighted by Crippen LogP contribution is 2.11. The Labute approximate surface area is 117 Å². The molecule has 1 heterocycles. The number of hydrogen-bond acceptors (Lipinski definition) is 2. The lowest BCUT2D eigenvalue weighted by molar-refractivity contribution is -0.0236. The van der Waals surface area contributed by atoms with Gasteiger partial charge in [-0.05, 0) is 31.9 Å². The molecule has 102 valence electrons. The third kappa shape index (κ3) is 4.38. The summed E-state index contributed by atoms with van der Waals surface area (Å²) in [5.41, 5.74) is 2.40. The van der Waals surface area contributed by atoms with Crippen LogP contribution < -0.4 is 0 Å².